The summed E-state index contributed by atoms with van der Waals surface area (Å²) in [5, 5.41) is 14.5. The first-order chi connectivity index (χ1) is 15.8. The van der Waals surface area contributed by atoms with Gasteiger partial charge in [-0.05, 0) is 62.7 Å². The number of nitrogens with one attached hydrogen (secondary N) is 1. The van der Waals surface area contributed by atoms with Crippen LogP contribution in [-0.4, -0.2) is 65.5 Å². The van der Waals surface area contributed by atoms with Gasteiger partial charge in [-0.2, -0.15) is 0 Å². The third-order valence-electron chi connectivity index (χ3n) is 5.76. The Bertz CT molecular complexity index is 946. The quantitative estimate of drug-likeness (QED) is 0.447. The zero-order valence-corrected chi connectivity index (χ0v) is 20.0. The van der Waals surface area contributed by atoms with Crippen LogP contribution >= 0.6 is 11.3 Å². The Kier molecular flexibility index (Phi) is 8.14. The van der Waals surface area contributed by atoms with Crippen molar-refractivity contribution in [3.05, 3.63) is 53.9 Å². The van der Waals surface area contributed by atoms with Gasteiger partial charge in [-0.3, -0.25) is 9.47 Å². The smallest absolute Gasteiger partial charge is 0.218 e. The first-order valence-electron chi connectivity index (χ1n) is 11.7. The number of aromatic nitrogens is 3. The minimum atomic E-state index is 0.701. The molecular formula is C24H34N6OS. The van der Waals surface area contributed by atoms with E-state index >= 15 is 0 Å². The highest BCUT2D eigenvalue weighted by molar-refractivity contribution is 7.17. The van der Waals surface area contributed by atoms with Crippen molar-refractivity contribution in [1.82, 2.24) is 25.0 Å². The lowest BCUT2D eigenvalue weighted by Crippen LogP contribution is -2.46. The number of hydrogen-bond acceptors (Lipinski definition) is 7. The summed E-state index contributed by atoms with van der Waals surface area (Å²) in [7, 11) is 0. The molecule has 32 heavy (non-hydrogen) atoms. The Hall–Kier alpha value is -2.42. The summed E-state index contributed by atoms with van der Waals surface area (Å²) < 4.78 is 7.66. The van der Waals surface area contributed by atoms with Crippen LogP contribution in [0.4, 0.5) is 5.13 Å². The Balaban J connectivity index is 1.27. The third-order valence-corrected chi connectivity index (χ3v) is 6.74. The molecule has 8 heteroatoms. The summed E-state index contributed by atoms with van der Waals surface area (Å²) in [4.78, 5) is 4.90. The van der Waals surface area contributed by atoms with Crippen molar-refractivity contribution < 1.29 is 4.74 Å². The van der Waals surface area contributed by atoms with Crippen LogP contribution in [-0.2, 0) is 13.0 Å². The van der Waals surface area contributed by atoms with Crippen molar-refractivity contribution in [2.75, 3.05) is 50.8 Å². The predicted molar refractivity (Wildman–Crippen MR) is 131 cm³/mol. The highest BCUT2D eigenvalue weighted by Gasteiger charge is 2.20. The summed E-state index contributed by atoms with van der Waals surface area (Å²) in [5.74, 6) is 0.932. The molecule has 1 aliphatic heterocycles. The second-order valence-electron chi connectivity index (χ2n) is 8.07. The van der Waals surface area contributed by atoms with Gasteiger partial charge in [0.25, 0.3) is 0 Å². The molecule has 1 saturated heterocycles. The van der Waals surface area contributed by atoms with Crippen LogP contribution < -0.4 is 15.0 Å². The molecule has 0 saturated carbocycles. The van der Waals surface area contributed by atoms with Gasteiger partial charge in [0.05, 0.1) is 6.61 Å². The van der Waals surface area contributed by atoms with Crippen molar-refractivity contribution in [2.24, 2.45) is 0 Å². The van der Waals surface area contributed by atoms with E-state index < -0.39 is 0 Å². The van der Waals surface area contributed by atoms with Crippen molar-refractivity contribution >= 4 is 16.5 Å². The number of piperazine rings is 1. The molecule has 172 valence electrons. The van der Waals surface area contributed by atoms with Gasteiger partial charge in [0.2, 0.25) is 10.3 Å². The molecule has 7 nitrogen and oxygen atoms in total. The van der Waals surface area contributed by atoms with E-state index in [1.807, 2.05) is 19.1 Å². The number of ether oxygens (including phenoxy) is 1. The van der Waals surface area contributed by atoms with Gasteiger partial charge in [-0.1, -0.05) is 30.4 Å². The van der Waals surface area contributed by atoms with Crippen LogP contribution in [0.3, 0.4) is 0 Å². The fourth-order valence-electron chi connectivity index (χ4n) is 4.03. The zero-order chi connectivity index (χ0) is 22.2. The summed E-state index contributed by atoms with van der Waals surface area (Å²) in [5.41, 5.74) is 2.51. The zero-order valence-electron chi connectivity index (χ0n) is 19.2. The Morgan fingerprint density at radius 1 is 1.00 bits per heavy atom. The molecule has 1 aromatic carbocycles. The molecule has 1 aliphatic rings. The SMILES string of the molecule is CCCN1CCN(c2nnc(-n3cccc3CNCCc3ccc(OCC)cc3)s2)CC1. The predicted octanol–water partition coefficient (Wildman–Crippen LogP) is 3.59. The lowest BCUT2D eigenvalue weighted by Gasteiger charge is -2.33. The lowest BCUT2D eigenvalue weighted by atomic mass is 10.1. The topological polar surface area (TPSA) is 58.5 Å². The Morgan fingerprint density at radius 2 is 1.78 bits per heavy atom. The molecule has 0 bridgehead atoms. The maximum absolute atomic E-state index is 5.51. The number of nitrogens with zero attached hydrogens (tertiary/aromatic N) is 5. The van der Waals surface area contributed by atoms with Gasteiger partial charge >= 0.3 is 0 Å². The molecule has 4 rings (SSSR count). The highest BCUT2D eigenvalue weighted by Crippen LogP contribution is 2.25. The average Bonchev–Trinajstić information content (AvgIpc) is 3.48. The molecule has 2 aromatic heterocycles. The fraction of sp³-hybridized carbons (Fsp3) is 0.500. The van der Waals surface area contributed by atoms with Crippen LogP contribution in [0, 0.1) is 0 Å². The normalized spacial score (nSPS) is 14.8. The molecule has 0 aliphatic carbocycles. The van der Waals surface area contributed by atoms with Gasteiger partial charge in [0.15, 0.2) is 0 Å². The van der Waals surface area contributed by atoms with Crippen molar-refractivity contribution in [1.29, 1.82) is 0 Å². The molecule has 1 N–H and O–H groups in total. The van der Waals surface area contributed by atoms with Gasteiger partial charge in [-0.25, -0.2) is 0 Å². The fourth-order valence-corrected chi connectivity index (χ4v) is 4.94. The van der Waals surface area contributed by atoms with Crippen LogP contribution in [0.2, 0.25) is 0 Å². The first-order valence-corrected chi connectivity index (χ1v) is 12.5. The van der Waals surface area contributed by atoms with Crippen LogP contribution in [0.5, 0.6) is 5.75 Å². The van der Waals surface area contributed by atoms with E-state index in [-0.39, 0.29) is 0 Å². The molecule has 1 fully saturated rings. The first kappa shape index (κ1) is 22.8. The monoisotopic (exact) mass is 454 g/mol. The minimum Gasteiger partial charge on any atom is -0.494 e. The molecule has 0 spiro atoms. The van der Waals surface area contributed by atoms with Crippen molar-refractivity contribution in [3.63, 3.8) is 0 Å². The maximum Gasteiger partial charge on any atom is 0.218 e. The van der Waals surface area contributed by atoms with E-state index in [1.165, 1.54) is 24.2 Å². The Morgan fingerprint density at radius 3 is 2.53 bits per heavy atom. The molecule has 3 aromatic rings. The van der Waals surface area contributed by atoms with Gasteiger partial charge in [-0.15, -0.1) is 10.2 Å². The molecule has 0 atom stereocenters. The third kappa shape index (κ3) is 5.88. The average molecular weight is 455 g/mol. The van der Waals surface area contributed by atoms with E-state index in [4.69, 9.17) is 4.74 Å². The van der Waals surface area contributed by atoms with E-state index in [1.54, 1.807) is 11.3 Å². The molecule has 0 amide bonds. The van der Waals surface area contributed by atoms with Gasteiger partial charge in [0, 0.05) is 44.6 Å². The summed E-state index contributed by atoms with van der Waals surface area (Å²) in [6.07, 6.45) is 4.28. The van der Waals surface area contributed by atoms with Crippen LogP contribution in [0.25, 0.3) is 5.13 Å². The summed E-state index contributed by atoms with van der Waals surface area (Å²) in [6, 6.07) is 12.6. The number of hydrogen-bond donors (Lipinski definition) is 1. The van der Waals surface area contributed by atoms with Crippen molar-refractivity contribution in [2.45, 2.75) is 33.2 Å². The second kappa shape index (κ2) is 11.4. The van der Waals surface area contributed by atoms with Crippen molar-refractivity contribution in [3.8, 4) is 10.9 Å². The number of anilines is 1. The van der Waals surface area contributed by atoms with Crippen LogP contribution in [0.15, 0.2) is 42.6 Å². The van der Waals surface area contributed by atoms with E-state index in [2.05, 4.69) is 67.3 Å². The molecule has 3 heterocycles. The molecule has 0 radical (unpaired) electrons. The molecular weight excluding hydrogens is 420 g/mol. The number of benzene rings is 1. The maximum atomic E-state index is 5.51. The van der Waals surface area contributed by atoms with E-state index in [0.717, 1.165) is 61.7 Å². The van der Waals surface area contributed by atoms with E-state index in [9.17, 15) is 0 Å². The molecule has 0 unspecified atom stereocenters. The van der Waals surface area contributed by atoms with Gasteiger partial charge in [0.1, 0.15) is 5.75 Å². The summed E-state index contributed by atoms with van der Waals surface area (Å²) in [6.45, 7) is 12.1. The van der Waals surface area contributed by atoms with E-state index in [0.29, 0.717) is 6.61 Å². The van der Waals surface area contributed by atoms with Crippen LogP contribution in [0.1, 0.15) is 31.5 Å². The standard InChI is InChI=1S/C24H34N6OS/c1-3-13-28-15-17-29(18-16-28)23-26-27-24(32-23)30-14-5-6-21(30)19-25-12-11-20-7-9-22(10-8-20)31-4-2/h5-10,14,25H,3-4,11-13,15-19H2,1-2H3. The largest absolute Gasteiger partial charge is 0.494 e. The Labute approximate surface area is 195 Å². The number of rotatable bonds is 11. The lowest BCUT2D eigenvalue weighted by molar-refractivity contribution is 0.258. The second-order valence-corrected chi connectivity index (χ2v) is 9.00. The minimum absolute atomic E-state index is 0.701. The van der Waals surface area contributed by atoms with Gasteiger partial charge < -0.3 is 15.0 Å². The summed E-state index contributed by atoms with van der Waals surface area (Å²) >= 11 is 1.68. The highest BCUT2D eigenvalue weighted by atomic mass is 32.1.